The molecular weight excluding hydrogens is 580 g/mol. The average molecular weight is 615 g/mol. The van der Waals surface area contributed by atoms with Gasteiger partial charge < -0.3 is 20.1 Å². The van der Waals surface area contributed by atoms with Gasteiger partial charge in [0.1, 0.15) is 5.75 Å². The lowest BCUT2D eigenvalue weighted by Gasteiger charge is -2.31. The van der Waals surface area contributed by atoms with Crippen molar-refractivity contribution >= 4 is 27.3 Å². The van der Waals surface area contributed by atoms with Gasteiger partial charge in [-0.2, -0.15) is 13.2 Å². The van der Waals surface area contributed by atoms with E-state index in [0.29, 0.717) is 6.42 Å². The van der Waals surface area contributed by atoms with Crippen molar-refractivity contribution in [2.75, 3.05) is 19.0 Å². The Morgan fingerprint density at radius 2 is 1.76 bits per heavy atom. The molecule has 0 saturated heterocycles. The van der Waals surface area contributed by atoms with Crippen LogP contribution in [0.1, 0.15) is 62.2 Å². The first kappa shape index (κ1) is 31.6. The Labute approximate surface area is 242 Å². The van der Waals surface area contributed by atoms with Gasteiger partial charge in [0.05, 0.1) is 30.1 Å². The van der Waals surface area contributed by atoms with Crippen LogP contribution in [0.3, 0.4) is 0 Å². The van der Waals surface area contributed by atoms with Crippen LogP contribution in [-0.4, -0.2) is 45.5 Å². The number of carbonyl (C=O) groups is 2. The van der Waals surface area contributed by atoms with E-state index < -0.39 is 49.8 Å². The zero-order valence-electron chi connectivity index (χ0n) is 23.3. The number of carbonyl (C=O) groups excluding carboxylic acids is 2. The summed E-state index contributed by atoms with van der Waals surface area (Å²) in [6.45, 7) is 2.35. The lowest BCUT2D eigenvalue weighted by Crippen LogP contribution is -2.48. The monoisotopic (exact) mass is 614 g/mol. The van der Waals surface area contributed by atoms with E-state index in [1.165, 1.54) is 19.2 Å². The molecule has 8 nitrogen and oxygen atoms in total. The summed E-state index contributed by atoms with van der Waals surface area (Å²) in [5, 5.41) is 5.44. The van der Waals surface area contributed by atoms with Crippen molar-refractivity contribution in [1.29, 1.82) is 0 Å². The first-order valence-electron chi connectivity index (χ1n) is 13.9. The van der Waals surface area contributed by atoms with Crippen LogP contribution in [-0.2, 0) is 14.6 Å². The molecule has 42 heavy (non-hydrogen) atoms. The number of nitrogens with one attached hydrogen (secondary N) is 2. The molecule has 13 heteroatoms. The third kappa shape index (κ3) is 6.66. The average Bonchev–Trinajstić information content (AvgIpc) is 3.55. The molecule has 0 aliphatic heterocycles. The minimum Gasteiger partial charge on any atom is -0.496 e. The number of alkyl halides is 3. The molecular formula is C29H34F4N2O6S. The van der Waals surface area contributed by atoms with Crippen molar-refractivity contribution in [2.45, 2.75) is 68.3 Å². The summed E-state index contributed by atoms with van der Waals surface area (Å²) < 4.78 is 88.2. The zero-order valence-corrected chi connectivity index (χ0v) is 24.1. The maximum Gasteiger partial charge on any atom is 0.501 e. The molecule has 0 aromatic heterocycles. The van der Waals surface area contributed by atoms with Crippen LogP contribution >= 0.6 is 0 Å². The van der Waals surface area contributed by atoms with Gasteiger partial charge in [-0.3, -0.25) is 9.59 Å². The summed E-state index contributed by atoms with van der Waals surface area (Å²) in [6.07, 6.45) is 5.89. The molecule has 2 N–H and O–H groups in total. The molecule has 2 aliphatic carbocycles. The number of anilines is 1. The minimum absolute atomic E-state index is 0.00446. The summed E-state index contributed by atoms with van der Waals surface area (Å²) in [5.41, 5.74) is -5.56. The number of hydrogen-bond acceptors (Lipinski definition) is 6. The van der Waals surface area contributed by atoms with Crippen LogP contribution in [0, 0.1) is 23.6 Å². The summed E-state index contributed by atoms with van der Waals surface area (Å²) in [6, 6.07) is 5.71. The molecule has 0 heterocycles. The molecule has 2 saturated carbocycles. The van der Waals surface area contributed by atoms with E-state index in [1.54, 1.807) is 0 Å². The Hall–Kier alpha value is -3.35. The number of unbranched alkanes of at least 4 members (excludes halogenated alkanes) is 3. The fourth-order valence-corrected chi connectivity index (χ4v) is 6.72. The maximum absolute atomic E-state index is 14.6. The first-order valence-corrected chi connectivity index (χ1v) is 15.4. The Bertz CT molecular complexity index is 1420. The van der Waals surface area contributed by atoms with Gasteiger partial charge >= 0.3 is 5.51 Å². The van der Waals surface area contributed by atoms with E-state index in [-0.39, 0.29) is 41.2 Å². The highest BCUT2D eigenvalue weighted by atomic mass is 32.2. The molecule has 2 bridgehead atoms. The van der Waals surface area contributed by atoms with Gasteiger partial charge in [0.15, 0.2) is 11.6 Å². The molecule has 2 aromatic carbocycles. The lowest BCUT2D eigenvalue weighted by atomic mass is 9.83. The second-order valence-electron chi connectivity index (χ2n) is 10.7. The van der Waals surface area contributed by atoms with Gasteiger partial charge in [-0.1, -0.05) is 32.3 Å². The third-order valence-corrected chi connectivity index (χ3v) is 9.47. The van der Waals surface area contributed by atoms with Gasteiger partial charge in [-0.15, -0.1) is 0 Å². The Morgan fingerprint density at radius 1 is 1.02 bits per heavy atom. The summed E-state index contributed by atoms with van der Waals surface area (Å²) >= 11 is 0. The number of methoxy groups -OCH3 is 1. The lowest BCUT2D eigenvalue weighted by molar-refractivity contribution is -0.122. The van der Waals surface area contributed by atoms with Crippen molar-refractivity contribution in [2.24, 2.45) is 17.8 Å². The molecule has 2 aromatic rings. The Kier molecular flexibility index (Phi) is 9.69. The standard InChI is InChI=1S/C29H34F4N2O6S/c1-3-4-5-6-12-41-24-15-21(23(40-2)16-22(24)30)27(36)35-26-18-11-10-17(13-18)25(26)28(37)34-19-8-7-9-20(14-19)42(38,39)29(31,32)33/h7-9,14-18,25-26H,3-6,10-13H2,1-2H3,(H,34,37)(H,35,36)/t17-,18+,25+,26-/m1/s1. The van der Waals surface area contributed by atoms with E-state index in [4.69, 9.17) is 9.47 Å². The first-order chi connectivity index (χ1) is 19.9. The van der Waals surface area contributed by atoms with Crippen LogP contribution in [0.15, 0.2) is 41.3 Å². The van der Waals surface area contributed by atoms with Crippen LogP contribution in [0.25, 0.3) is 0 Å². The smallest absolute Gasteiger partial charge is 0.496 e. The molecule has 4 atom stereocenters. The molecule has 4 rings (SSSR count). The minimum atomic E-state index is -5.60. The molecule has 0 radical (unpaired) electrons. The summed E-state index contributed by atoms with van der Waals surface area (Å²) in [7, 11) is -4.30. The molecule has 0 spiro atoms. The summed E-state index contributed by atoms with van der Waals surface area (Å²) in [4.78, 5) is 25.8. The molecule has 0 unspecified atom stereocenters. The Balaban J connectivity index is 1.51. The van der Waals surface area contributed by atoms with Crippen molar-refractivity contribution < 1.29 is 45.0 Å². The van der Waals surface area contributed by atoms with E-state index in [1.807, 2.05) is 0 Å². The highest BCUT2D eigenvalue weighted by Crippen LogP contribution is 2.49. The Morgan fingerprint density at radius 3 is 2.45 bits per heavy atom. The predicted octanol–water partition coefficient (Wildman–Crippen LogP) is 5.87. The van der Waals surface area contributed by atoms with Crippen LogP contribution in [0.5, 0.6) is 11.5 Å². The molecule has 2 amide bonds. The number of hydrogen-bond donors (Lipinski definition) is 2. The van der Waals surface area contributed by atoms with Crippen molar-refractivity contribution in [1.82, 2.24) is 5.32 Å². The number of fused-ring (bicyclic) bond motifs is 2. The number of benzene rings is 2. The van der Waals surface area contributed by atoms with Gasteiger partial charge in [-0.05, 0) is 61.8 Å². The van der Waals surface area contributed by atoms with E-state index in [2.05, 4.69) is 17.6 Å². The number of halogens is 4. The van der Waals surface area contributed by atoms with Crippen LogP contribution in [0.2, 0.25) is 0 Å². The number of rotatable bonds is 12. The van der Waals surface area contributed by atoms with Crippen LogP contribution in [0.4, 0.5) is 23.2 Å². The zero-order chi connectivity index (χ0) is 30.7. The second kappa shape index (κ2) is 12.9. The van der Waals surface area contributed by atoms with Gasteiger partial charge in [0, 0.05) is 17.8 Å². The van der Waals surface area contributed by atoms with Crippen molar-refractivity contribution in [3.05, 3.63) is 47.8 Å². The highest BCUT2D eigenvalue weighted by Gasteiger charge is 2.52. The van der Waals surface area contributed by atoms with E-state index in [0.717, 1.165) is 62.8 Å². The van der Waals surface area contributed by atoms with E-state index >= 15 is 0 Å². The topological polar surface area (TPSA) is 111 Å². The fraction of sp³-hybridized carbons (Fsp3) is 0.517. The maximum atomic E-state index is 14.6. The summed E-state index contributed by atoms with van der Waals surface area (Å²) in [5.74, 6) is -2.72. The van der Waals surface area contributed by atoms with Crippen molar-refractivity contribution in [3.8, 4) is 11.5 Å². The van der Waals surface area contributed by atoms with Gasteiger partial charge in [0.25, 0.3) is 15.7 Å². The molecule has 2 fully saturated rings. The second-order valence-corrected chi connectivity index (χ2v) is 12.7. The highest BCUT2D eigenvalue weighted by molar-refractivity contribution is 7.92. The number of ether oxygens (including phenoxy) is 2. The number of sulfone groups is 1. The third-order valence-electron chi connectivity index (χ3n) is 7.99. The largest absolute Gasteiger partial charge is 0.501 e. The van der Waals surface area contributed by atoms with Crippen LogP contribution < -0.4 is 20.1 Å². The van der Waals surface area contributed by atoms with Gasteiger partial charge in [0.2, 0.25) is 5.91 Å². The molecule has 230 valence electrons. The molecule has 2 aliphatic rings. The van der Waals surface area contributed by atoms with Crippen molar-refractivity contribution in [3.63, 3.8) is 0 Å². The fourth-order valence-electron chi connectivity index (χ4n) is 5.91. The quantitative estimate of drug-likeness (QED) is 0.229. The SMILES string of the molecule is CCCCCCOc1cc(C(=O)N[C@@H]2[C@H]3CC[C@H](C3)[C@@H]2C(=O)Nc2cccc(S(=O)(=O)C(F)(F)F)c2)c(OC)cc1F. The number of amides is 2. The van der Waals surface area contributed by atoms with E-state index in [9.17, 15) is 35.6 Å². The predicted molar refractivity (Wildman–Crippen MR) is 146 cm³/mol. The van der Waals surface area contributed by atoms with Gasteiger partial charge in [-0.25, -0.2) is 12.8 Å². The normalized spacial score (nSPS) is 21.7.